The fourth-order valence-corrected chi connectivity index (χ4v) is 3.20. The Morgan fingerprint density at radius 1 is 1.15 bits per heavy atom. The molecule has 27 heavy (non-hydrogen) atoms. The van der Waals surface area contributed by atoms with Crippen LogP contribution in [-0.2, 0) is 10.0 Å². The number of hydrogen-bond acceptors (Lipinski definition) is 7. The van der Waals surface area contributed by atoms with Crippen molar-refractivity contribution in [3.05, 3.63) is 41.6 Å². The summed E-state index contributed by atoms with van der Waals surface area (Å²) in [5.74, 6) is 1.31. The highest BCUT2D eigenvalue weighted by molar-refractivity contribution is 7.92. The lowest BCUT2D eigenvalue weighted by atomic mass is 10.1. The molecule has 0 spiro atoms. The smallest absolute Gasteiger partial charge is 0.229 e. The van der Waals surface area contributed by atoms with E-state index >= 15 is 0 Å². The summed E-state index contributed by atoms with van der Waals surface area (Å²) in [6.07, 6.45) is 0.312. The van der Waals surface area contributed by atoms with Crippen LogP contribution in [0.25, 0.3) is 0 Å². The number of anilines is 3. The minimum atomic E-state index is -3.32. The second-order valence-electron chi connectivity index (χ2n) is 6.26. The summed E-state index contributed by atoms with van der Waals surface area (Å²) in [7, 11) is -3.32. The van der Waals surface area contributed by atoms with Crippen molar-refractivity contribution in [2.45, 2.75) is 26.9 Å². The van der Waals surface area contributed by atoms with Crippen LogP contribution in [0.3, 0.4) is 0 Å². The zero-order valence-corrected chi connectivity index (χ0v) is 16.9. The van der Waals surface area contributed by atoms with Crippen LogP contribution in [0, 0.1) is 6.92 Å². The largest absolute Gasteiger partial charge is 0.387 e. The summed E-state index contributed by atoms with van der Waals surface area (Å²) in [5.41, 5.74) is 1.96. The second-order valence-corrected chi connectivity index (χ2v) is 8.00. The van der Waals surface area contributed by atoms with Crippen LogP contribution in [0.15, 0.2) is 30.3 Å². The Morgan fingerprint density at radius 2 is 1.78 bits per heavy atom. The predicted octanol–water partition coefficient (Wildman–Crippen LogP) is 2.15. The molecule has 0 radical (unpaired) electrons. The van der Waals surface area contributed by atoms with E-state index in [1.54, 1.807) is 24.3 Å². The Balaban J connectivity index is 2.03. The predicted molar refractivity (Wildman–Crippen MR) is 109 cm³/mol. The first-order valence-corrected chi connectivity index (χ1v) is 10.7. The first-order valence-electron chi connectivity index (χ1n) is 8.82. The molecule has 2 aromatic rings. The van der Waals surface area contributed by atoms with Gasteiger partial charge in [0.2, 0.25) is 16.0 Å². The van der Waals surface area contributed by atoms with E-state index in [2.05, 4.69) is 38.8 Å². The molecule has 0 amide bonds. The van der Waals surface area contributed by atoms with E-state index in [0.29, 0.717) is 17.2 Å². The summed E-state index contributed by atoms with van der Waals surface area (Å²) in [4.78, 5) is 11.0. The standard InChI is InChI=1S/C18H27N5O3S/c1-5-23(6-2)17-11-13(3)20-18(21-17)19-12-16(24)14-7-9-15(10-8-14)22-27(4,25)26/h7-11,16,22,24H,5-6,12H2,1-4H3,(H,19,20,21). The fraction of sp³-hybridized carbons (Fsp3) is 0.444. The number of nitrogens with one attached hydrogen (secondary N) is 2. The van der Waals surface area contributed by atoms with Gasteiger partial charge in [-0.15, -0.1) is 0 Å². The molecule has 0 aliphatic carbocycles. The highest BCUT2D eigenvalue weighted by Crippen LogP contribution is 2.19. The number of nitrogens with zero attached hydrogens (tertiary/aromatic N) is 3. The van der Waals surface area contributed by atoms with Crippen molar-refractivity contribution in [1.29, 1.82) is 0 Å². The summed E-state index contributed by atoms with van der Waals surface area (Å²) in [6.45, 7) is 7.98. The molecule has 0 bridgehead atoms. The molecule has 1 aromatic heterocycles. The molecule has 0 fully saturated rings. The number of hydrogen-bond donors (Lipinski definition) is 3. The quantitative estimate of drug-likeness (QED) is 0.599. The van der Waals surface area contributed by atoms with E-state index in [0.717, 1.165) is 30.9 Å². The third-order valence-electron chi connectivity index (χ3n) is 3.98. The molecule has 1 unspecified atom stereocenters. The van der Waals surface area contributed by atoms with Gasteiger partial charge in [0.05, 0.1) is 12.4 Å². The van der Waals surface area contributed by atoms with Gasteiger partial charge in [0.1, 0.15) is 5.82 Å². The van der Waals surface area contributed by atoms with E-state index < -0.39 is 16.1 Å². The maximum absolute atomic E-state index is 11.2. The summed E-state index contributed by atoms with van der Waals surface area (Å²) < 4.78 is 24.9. The topological polar surface area (TPSA) is 107 Å². The Kier molecular flexibility index (Phi) is 6.98. The molecule has 9 heteroatoms. The minimum absolute atomic E-state index is 0.236. The SMILES string of the molecule is CCN(CC)c1cc(C)nc(NCC(O)c2ccc(NS(C)(=O)=O)cc2)n1. The lowest BCUT2D eigenvalue weighted by Crippen LogP contribution is -2.24. The van der Waals surface area contributed by atoms with Crippen molar-refractivity contribution in [1.82, 2.24) is 9.97 Å². The van der Waals surface area contributed by atoms with E-state index in [-0.39, 0.29) is 6.54 Å². The number of aliphatic hydroxyl groups excluding tert-OH is 1. The van der Waals surface area contributed by atoms with Gasteiger partial charge in [0.15, 0.2) is 0 Å². The normalized spacial score (nSPS) is 12.5. The van der Waals surface area contributed by atoms with E-state index in [1.807, 2.05) is 13.0 Å². The van der Waals surface area contributed by atoms with Gasteiger partial charge in [-0.1, -0.05) is 12.1 Å². The van der Waals surface area contributed by atoms with Gasteiger partial charge in [-0.25, -0.2) is 13.4 Å². The van der Waals surface area contributed by atoms with Crippen molar-refractivity contribution < 1.29 is 13.5 Å². The van der Waals surface area contributed by atoms with Gasteiger partial charge in [0, 0.05) is 37.1 Å². The van der Waals surface area contributed by atoms with Crippen molar-refractivity contribution in [2.75, 3.05) is 40.8 Å². The highest BCUT2D eigenvalue weighted by atomic mass is 32.2. The van der Waals surface area contributed by atoms with E-state index in [4.69, 9.17) is 0 Å². The maximum Gasteiger partial charge on any atom is 0.229 e. The third kappa shape index (κ3) is 6.37. The number of sulfonamides is 1. The Labute approximate surface area is 160 Å². The lowest BCUT2D eigenvalue weighted by Gasteiger charge is -2.21. The minimum Gasteiger partial charge on any atom is -0.387 e. The fourth-order valence-electron chi connectivity index (χ4n) is 2.63. The molecule has 0 saturated carbocycles. The summed E-state index contributed by atoms with van der Waals surface area (Å²) in [5, 5.41) is 13.4. The van der Waals surface area contributed by atoms with E-state index in [9.17, 15) is 13.5 Å². The third-order valence-corrected chi connectivity index (χ3v) is 4.59. The Hall–Kier alpha value is -2.39. The first kappa shape index (κ1) is 20.9. The lowest BCUT2D eigenvalue weighted by molar-refractivity contribution is 0.191. The van der Waals surface area contributed by atoms with Crippen LogP contribution in [0.5, 0.6) is 0 Å². The molecule has 1 aromatic carbocycles. The molecule has 0 aliphatic heterocycles. The zero-order valence-electron chi connectivity index (χ0n) is 16.1. The number of aryl methyl sites for hydroxylation is 1. The molecular formula is C18H27N5O3S. The van der Waals surface area contributed by atoms with Gasteiger partial charge >= 0.3 is 0 Å². The number of rotatable bonds is 9. The molecule has 3 N–H and O–H groups in total. The molecular weight excluding hydrogens is 366 g/mol. The van der Waals surface area contributed by atoms with Crippen LogP contribution in [0.2, 0.25) is 0 Å². The van der Waals surface area contributed by atoms with Crippen LogP contribution in [0.4, 0.5) is 17.5 Å². The Bertz CT molecular complexity index is 852. The van der Waals surface area contributed by atoms with Crippen molar-refractivity contribution >= 4 is 27.5 Å². The van der Waals surface area contributed by atoms with Crippen molar-refractivity contribution in [3.8, 4) is 0 Å². The van der Waals surface area contributed by atoms with Crippen molar-refractivity contribution in [3.63, 3.8) is 0 Å². The average Bonchev–Trinajstić information content (AvgIpc) is 2.59. The number of aromatic nitrogens is 2. The summed E-state index contributed by atoms with van der Waals surface area (Å²) >= 11 is 0. The molecule has 1 heterocycles. The van der Waals surface area contributed by atoms with Crippen LogP contribution in [0.1, 0.15) is 31.2 Å². The van der Waals surface area contributed by atoms with Crippen molar-refractivity contribution in [2.24, 2.45) is 0 Å². The van der Waals surface area contributed by atoms with Gasteiger partial charge < -0.3 is 15.3 Å². The first-order chi connectivity index (χ1) is 12.7. The molecule has 8 nitrogen and oxygen atoms in total. The molecule has 148 valence electrons. The van der Waals surface area contributed by atoms with Gasteiger partial charge in [-0.2, -0.15) is 4.98 Å². The molecule has 0 saturated heterocycles. The number of aliphatic hydroxyl groups is 1. The van der Waals surface area contributed by atoms with Crippen LogP contribution >= 0.6 is 0 Å². The van der Waals surface area contributed by atoms with Gasteiger partial charge in [0.25, 0.3) is 0 Å². The summed E-state index contributed by atoms with van der Waals surface area (Å²) in [6, 6.07) is 8.52. The Morgan fingerprint density at radius 3 is 2.33 bits per heavy atom. The average molecular weight is 394 g/mol. The second kappa shape index (κ2) is 9.01. The highest BCUT2D eigenvalue weighted by Gasteiger charge is 2.11. The van der Waals surface area contributed by atoms with Crippen LogP contribution < -0.4 is 14.9 Å². The number of benzene rings is 1. The van der Waals surface area contributed by atoms with Gasteiger partial charge in [-0.3, -0.25) is 4.72 Å². The molecule has 0 aliphatic rings. The zero-order chi connectivity index (χ0) is 20.0. The van der Waals surface area contributed by atoms with Gasteiger partial charge in [-0.05, 0) is 38.5 Å². The molecule has 1 atom stereocenters. The van der Waals surface area contributed by atoms with E-state index in [1.165, 1.54) is 0 Å². The monoisotopic (exact) mass is 393 g/mol. The molecule has 2 rings (SSSR count). The van der Waals surface area contributed by atoms with Crippen LogP contribution in [-0.4, -0.2) is 49.4 Å². The maximum atomic E-state index is 11.2.